The van der Waals surface area contributed by atoms with E-state index in [-0.39, 0.29) is 5.70 Å². The zero-order chi connectivity index (χ0) is 21.5. The van der Waals surface area contributed by atoms with E-state index >= 15 is 0 Å². The molecule has 0 spiro atoms. The summed E-state index contributed by atoms with van der Waals surface area (Å²) in [6.45, 7) is 3.61. The topological polar surface area (TPSA) is 80.6 Å². The number of ether oxygens (including phenoxy) is 1. The number of nitrogens with zero attached hydrogens (tertiary/aromatic N) is 1. The average Bonchev–Trinajstić information content (AvgIpc) is 3.08. The van der Waals surface area contributed by atoms with Gasteiger partial charge < -0.3 is 19.7 Å². The first-order valence-corrected chi connectivity index (χ1v) is 10.0. The minimum atomic E-state index is -1.20. The number of halogens is 1. The molecule has 1 aromatic heterocycles. The predicted octanol–water partition coefficient (Wildman–Crippen LogP) is 4.12. The van der Waals surface area contributed by atoms with Gasteiger partial charge in [-0.2, -0.15) is 0 Å². The van der Waals surface area contributed by atoms with Crippen LogP contribution in [-0.4, -0.2) is 41.2 Å². The number of nitrogens with one attached hydrogen (secondary N) is 1. The van der Waals surface area contributed by atoms with Crippen LogP contribution in [0.1, 0.15) is 22.8 Å². The predicted molar refractivity (Wildman–Crippen MR) is 117 cm³/mol. The molecule has 2 aromatic carbocycles. The lowest BCUT2D eigenvalue weighted by atomic mass is 10.1. The number of hydrogen-bond donors (Lipinski definition) is 2. The first-order chi connectivity index (χ1) is 14.5. The molecular weight excluding hydrogens is 404 g/mol. The van der Waals surface area contributed by atoms with Crippen molar-refractivity contribution in [3.63, 3.8) is 0 Å². The van der Waals surface area contributed by atoms with Crippen molar-refractivity contribution in [3.8, 4) is 0 Å². The van der Waals surface area contributed by atoms with Gasteiger partial charge in [0.15, 0.2) is 5.78 Å². The van der Waals surface area contributed by atoms with Crippen molar-refractivity contribution < 1.29 is 19.4 Å². The maximum Gasteiger partial charge on any atom is 0.352 e. The van der Waals surface area contributed by atoms with Crippen molar-refractivity contribution >= 4 is 34.3 Å². The van der Waals surface area contributed by atoms with Gasteiger partial charge in [-0.3, -0.25) is 4.79 Å². The zero-order valence-corrected chi connectivity index (χ0v) is 17.4. The number of aromatic nitrogens is 1. The van der Waals surface area contributed by atoms with Gasteiger partial charge in [-0.05, 0) is 30.7 Å². The van der Waals surface area contributed by atoms with Crippen LogP contribution >= 0.6 is 11.6 Å². The fourth-order valence-corrected chi connectivity index (χ4v) is 3.35. The number of benzene rings is 2. The molecule has 0 saturated heterocycles. The smallest absolute Gasteiger partial charge is 0.352 e. The maximum atomic E-state index is 13.0. The Morgan fingerprint density at radius 2 is 1.97 bits per heavy atom. The molecular formula is C23H23ClN2O4. The third-order valence-corrected chi connectivity index (χ3v) is 4.81. The summed E-state index contributed by atoms with van der Waals surface area (Å²) in [5.41, 5.74) is 2.16. The van der Waals surface area contributed by atoms with Crippen LogP contribution in [0, 0.1) is 0 Å². The molecule has 0 saturated carbocycles. The Morgan fingerprint density at radius 1 is 1.20 bits per heavy atom. The lowest BCUT2D eigenvalue weighted by Crippen LogP contribution is -2.25. The van der Waals surface area contributed by atoms with E-state index in [0.717, 1.165) is 17.2 Å². The highest BCUT2D eigenvalue weighted by atomic mass is 35.5. The Bertz CT molecular complexity index is 1070. The number of carboxylic acids is 1. The molecule has 6 nitrogen and oxygen atoms in total. The van der Waals surface area contributed by atoms with Gasteiger partial charge in [0, 0.05) is 53.5 Å². The second kappa shape index (κ2) is 10.1. The molecule has 0 fully saturated rings. The van der Waals surface area contributed by atoms with Crippen molar-refractivity contribution in [2.45, 2.75) is 13.5 Å². The molecule has 156 valence electrons. The van der Waals surface area contributed by atoms with Gasteiger partial charge in [0.1, 0.15) is 5.70 Å². The molecule has 3 rings (SSSR count). The van der Waals surface area contributed by atoms with Crippen molar-refractivity contribution in [1.82, 2.24) is 9.88 Å². The highest BCUT2D eigenvalue weighted by Gasteiger charge is 2.17. The van der Waals surface area contributed by atoms with Gasteiger partial charge in [0.25, 0.3) is 0 Å². The van der Waals surface area contributed by atoms with Crippen molar-refractivity contribution in [1.29, 1.82) is 0 Å². The number of carbonyl (C=O) groups excluding carboxylic acids is 1. The second-order valence-electron chi connectivity index (χ2n) is 6.67. The van der Waals surface area contributed by atoms with E-state index in [4.69, 9.17) is 16.3 Å². The largest absolute Gasteiger partial charge is 0.477 e. The van der Waals surface area contributed by atoms with E-state index in [9.17, 15) is 14.7 Å². The first kappa shape index (κ1) is 21.6. The standard InChI is InChI=1S/C23H23ClN2O4/c1-2-30-11-10-25-20(23(28)29)13-22(27)19-15-26(14-16-6-4-3-5-7-16)21-9-8-17(24)12-18(19)21/h3-9,12-13,15,25H,2,10-11,14H2,1H3,(H,28,29). The SMILES string of the molecule is CCOCCNC(=CC(=O)c1cn(Cc2ccccc2)c2ccc(Cl)cc12)C(=O)O. The van der Waals surface area contributed by atoms with Crippen LogP contribution in [0.5, 0.6) is 0 Å². The summed E-state index contributed by atoms with van der Waals surface area (Å²) in [5, 5.41) is 13.4. The van der Waals surface area contributed by atoms with Gasteiger partial charge in [-0.15, -0.1) is 0 Å². The quantitative estimate of drug-likeness (QED) is 0.289. The zero-order valence-electron chi connectivity index (χ0n) is 16.6. The highest BCUT2D eigenvalue weighted by molar-refractivity contribution is 6.31. The van der Waals surface area contributed by atoms with Gasteiger partial charge in [0.05, 0.1) is 6.61 Å². The van der Waals surface area contributed by atoms with Crippen molar-refractivity contribution in [2.24, 2.45) is 0 Å². The number of aliphatic carboxylic acids is 1. The fourth-order valence-electron chi connectivity index (χ4n) is 3.18. The third-order valence-electron chi connectivity index (χ3n) is 4.58. The summed E-state index contributed by atoms with van der Waals surface area (Å²) in [6.07, 6.45) is 2.85. The first-order valence-electron chi connectivity index (χ1n) is 9.63. The lowest BCUT2D eigenvalue weighted by Gasteiger charge is -2.06. The molecule has 7 heteroatoms. The summed E-state index contributed by atoms with van der Waals surface area (Å²) in [7, 11) is 0. The Kier molecular flexibility index (Phi) is 7.27. The van der Waals surface area contributed by atoms with Crippen molar-refractivity contribution in [3.05, 3.63) is 82.7 Å². The molecule has 0 aliphatic rings. The average molecular weight is 427 g/mol. The van der Waals surface area contributed by atoms with Crippen LogP contribution in [0.2, 0.25) is 5.02 Å². The number of hydrogen-bond acceptors (Lipinski definition) is 4. The summed E-state index contributed by atoms with van der Waals surface area (Å²) in [4.78, 5) is 24.5. The van der Waals surface area contributed by atoms with Crippen LogP contribution in [-0.2, 0) is 16.1 Å². The molecule has 30 heavy (non-hydrogen) atoms. The van der Waals surface area contributed by atoms with E-state index in [1.807, 2.05) is 47.9 Å². The van der Waals surface area contributed by atoms with Gasteiger partial charge in [-0.1, -0.05) is 41.9 Å². The molecule has 3 aromatic rings. The van der Waals surface area contributed by atoms with E-state index in [1.54, 1.807) is 18.3 Å². The van der Waals surface area contributed by atoms with Gasteiger partial charge in [-0.25, -0.2) is 4.79 Å². The van der Waals surface area contributed by atoms with Gasteiger partial charge >= 0.3 is 5.97 Å². The Hall–Kier alpha value is -3.09. The van der Waals surface area contributed by atoms with Crippen LogP contribution in [0.15, 0.2) is 66.5 Å². The Labute approximate surface area is 179 Å². The minimum Gasteiger partial charge on any atom is -0.477 e. The molecule has 0 bridgehead atoms. The lowest BCUT2D eigenvalue weighted by molar-refractivity contribution is -0.133. The number of carbonyl (C=O) groups is 2. The number of rotatable bonds is 10. The molecule has 0 radical (unpaired) electrons. The highest BCUT2D eigenvalue weighted by Crippen LogP contribution is 2.26. The molecule has 0 amide bonds. The van der Waals surface area contributed by atoms with Crippen LogP contribution < -0.4 is 5.32 Å². The Balaban J connectivity index is 1.94. The summed E-state index contributed by atoms with van der Waals surface area (Å²) in [5.74, 6) is -1.61. The second-order valence-corrected chi connectivity index (χ2v) is 7.11. The van der Waals surface area contributed by atoms with E-state index in [2.05, 4.69) is 5.32 Å². The van der Waals surface area contributed by atoms with Gasteiger partial charge in [0.2, 0.25) is 0 Å². The third kappa shape index (κ3) is 5.28. The summed E-state index contributed by atoms with van der Waals surface area (Å²) < 4.78 is 7.16. The van der Waals surface area contributed by atoms with Crippen LogP contribution in [0.25, 0.3) is 10.9 Å². The number of ketones is 1. The molecule has 1 heterocycles. The van der Waals surface area contributed by atoms with E-state index in [0.29, 0.717) is 42.3 Å². The molecule has 0 aliphatic heterocycles. The Morgan fingerprint density at radius 3 is 2.67 bits per heavy atom. The van der Waals surface area contributed by atoms with E-state index in [1.165, 1.54) is 0 Å². The van der Waals surface area contributed by atoms with Crippen molar-refractivity contribution in [2.75, 3.05) is 19.8 Å². The minimum absolute atomic E-state index is 0.175. The number of allylic oxidation sites excluding steroid dienone is 1. The molecule has 0 unspecified atom stereocenters. The monoisotopic (exact) mass is 426 g/mol. The number of carboxylic acid groups (broad SMARTS) is 1. The summed E-state index contributed by atoms with van der Waals surface area (Å²) >= 11 is 6.16. The fraction of sp³-hybridized carbons (Fsp3) is 0.217. The normalized spacial score (nSPS) is 11.6. The van der Waals surface area contributed by atoms with Crippen LogP contribution in [0.3, 0.4) is 0 Å². The molecule has 0 aliphatic carbocycles. The van der Waals surface area contributed by atoms with E-state index < -0.39 is 11.8 Å². The maximum absolute atomic E-state index is 13.0. The number of fused-ring (bicyclic) bond motifs is 1. The van der Waals surface area contributed by atoms with Crippen LogP contribution in [0.4, 0.5) is 0 Å². The summed E-state index contributed by atoms with van der Waals surface area (Å²) in [6, 6.07) is 15.2. The molecule has 0 atom stereocenters. The molecule has 2 N–H and O–H groups in total.